The van der Waals surface area contributed by atoms with Gasteiger partial charge in [-0.1, -0.05) is 44.7 Å². The van der Waals surface area contributed by atoms with Crippen molar-refractivity contribution in [2.45, 2.75) is 43.9 Å². The number of nitrogens with one attached hydrogen (secondary N) is 1. The topological polar surface area (TPSA) is 66.4 Å². The van der Waals surface area contributed by atoms with Gasteiger partial charge in [0.15, 0.2) is 0 Å². The van der Waals surface area contributed by atoms with Crippen LogP contribution in [-0.2, 0) is 0 Å². The molecule has 4 nitrogen and oxygen atoms in total. The van der Waals surface area contributed by atoms with E-state index in [0.717, 1.165) is 10.6 Å². The Morgan fingerprint density at radius 3 is 2.35 bits per heavy atom. The highest BCUT2D eigenvalue weighted by Crippen LogP contribution is 2.21. The number of carboxylic acid groups (broad SMARTS) is 1. The van der Waals surface area contributed by atoms with Gasteiger partial charge in [0.2, 0.25) is 0 Å². The number of hydrogen-bond donors (Lipinski definition) is 2. The molecular formula is C21H25NO3S. The number of anilines is 1. The monoisotopic (exact) mass is 371 g/mol. The van der Waals surface area contributed by atoms with Gasteiger partial charge < -0.3 is 10.4 Å². The molecule has 0 saturated heterocycles. The summed E-state index contributed by atoms with van der Waals surface area (Å²) in [6.45, 7) is 2.22. The molecule has 138 valence electrons. The zero-order valence-corrected chi connectivity index (χ0v) is 15.8. The molecule has 2 N–H and O–H groups in total. The molecule has 0 saturated carbocycles. The highest BCUT2D eigenvalue weighted by Gasteiger charge is 2.12. The molecule has 0 unspecified atom stereocenters. The lowest BCUT2D eigenvalue weighted by Crippen LogP contribution is -2.14. The van der Waals surface area contributed by atoms with E-state index in [1.54, 1.807) is 42.1 Å². The predicted octanol–water partition coefficient (Wildman–Crippen LogP) is 5.70. The summed E-state index contributed by atoms with van der Waals surface area (Å²) in [7, 11) is 0. The van der Waals surface area contributed by atoms with Gasteiger partial charge in [0.1, 0.15) is 0 Å². The molecule has 5 heteroatoms. The number of aromatic carboxylic acids is 1. The third kappa shape index (κ3) is 6.23. The van der Waals surface area contributed by atoms with Crippen molar-refractivity contribution >= 4 is 29.3 Å². The number of rotatable bonds is 10. The van der Waals surface area contributed by atoms with Gasteiger partial charge in [-0.25, -0.2) is 4.79 Å². The molecular weight excluding hydrogens is 346 g/mol. The van der Waals surface area contributed by atoms with Crippen molar-refractivity contribution in [2.24, 2.45) is 0 Å². The van der Waals surface area contributed by atoms with Crippen LogP contribution in [0.2, 0.25) is 0 Å². The molecule has 0 aliphatic heterocycles. The average Bonchev–Trinajstić information content (AvgIpc) is 2.65. The second-order valence-corrected chi connectivity index (χ2v) is 7.26. The maximum atomic E-state index is 12.4. The number of hydrogen-bond acceptors (Lipinski definition) is 3. The van der Waals surface area contributed by atoms with E-state index in [9.17, 15) is 14.7 Å². The largest absolute Gasteiger partial charge is 0.478 e. The van der Waals surface area contributed by atoms with Crippen LogP contribution in [-0.4, -0.2) is 22.7 Å². The molecule has 0 atom stereocenters. The molecule has 26 heavy (non-hydrogen) atoms. The molecule has 0 fully saturated rings. The summed E-state index contributed by atoms with van der Waals surface area (Å²) in [5, 5.41) is 11.9. The second kappa shape index (κ2) is 10.7. The van der Waals surface area contributed by atoms with Gasteiger partial charge in [-0.15, -0.1) is 11.8 Å². The van der Waals surface area contributed by atoms with E-state index < -0.39 is 5.97 Å². The first-order valence-electron chi connectivity index (χ1n) is 8.98. The number of benzene rings is 2. The third-order valence-corrected chi connectivity index (χ3v) is 5.14. The van der Waals surface area contributed by atoms with E-state index in [1.807, 2.05) is 12.1 Å². The van der Waals surface area contributed by atoms with Gasteiger partial charge >= 0.3 is 5.97 Å². The van der Waals surface area contributed by atoms with Crippen LogP contribution >= 0.6 is 11.8 Å². The summed E-state index contributed by atoms with van der Waals surface area (Å²) in [6.07, 6.45) is 6.34. The highest BCUT2D eigenvalue weighted by molar-refractivity contribution is 7.99. The zero-order chi connectivity index (χ0) is 18.8. The van der Waals surface area contributed by atoms with Crippen molar-refractivity contribution in [3.05, 3.63) is 59.7 Å². The Bertz CT molecular complexity index is 728. The van der Waals surface area contributed by atoms with Gasteiger partial charge in [0, 0.05) is 10.5 Å². The summed E-state index contributed by atoms with van der Waals surface area (Å²) in [4.78, 5) is 24.7. The van der Waals surface area contributed by atoms with Gasteiger partial charge in [0.25, 0.3) is 5.91 Å². The Morgan fingerprint density at radius 2 is 1.65 bits per heavy atom. The fourth-order valence-electron chi connectivity index (χ4n) is 2.57. The number of amides is 1. The van der Waals surface area contributed by atoms with Crippen LogP contribution in [0.5, 0.6) is 0 Å². The molecule has 0 radical (unpaired) electrons. The average molecular weight is 372 g/mol. The Kier molecular flexibility index (Phi) is 8.22. The quantitative estimate of drug-likeness (QED) is 0.415. The minimum atomic E-state index is -1.06. The first-order valence-corrected chi connectivity index (χ1v) is 9.97. The van der Waals surface area contributed by atoms with Gasteiger partial charge in [-0.3, -0.25) is 4.79 Å². The van der Waals surface area contributed by atoms with Crippen molar-refractivity contribution in [3.63, 3.8) is 0 Å². The summed E-state index contributed by atoms with van der Waals surface area (Å²) < 4.78 is 0. The minimum Gasteiger partial charge on any atom is -0.478 e. The molecule has 2 aromatic rings. The van der Waals surface area contributed by atoms with Crippen LogP contribution in [0.15, 0.2) is 53.4 Å². The highest BCUT2D eigenvalue weighted by atomic mass is 32.2. The number of para-hydroxylation sites is 1. The van der Waals surface area contributed by atoms with Crippen molar-refractivity contribution in [1.29, 1.82) is 0 Å². The van der Waals surface area contributed by atoms with Crippen LogP contribution < -0.4 is 5.32 Å². The first-order chi connectivity index (χ1) is 12.6. The lowest BCUT2D eigenvalue weighted by molar-refractivity contribution is 0.0698. The lowest BCUT2D eigenvalue weighted by atomic mass is 10.1. The minimum absolute atomic E-state index is 0.0797. The molecule has 1 amide bonds. The standard InChI is InChI=1S/C21H25NO3S/c1-2-3-4-5-8-15-26-17-13-11-16(12-14-17)20(23)22-19-10-7-6-9-18(19)21(24)25/h6-7,9-14H,2-5,8,15H2,1H3,(H,22,23)(H,24,25). The van der Waals surface area contributed by atoms with E-state index >= 15 is 0 Å². The van der Waals surface area contributed by atoms with Crippen LogP contribution in [0, 0.1) is 0 Å². The van der Waals surface area contributed by atoms with Crippen molar-refractivity contribution in [3.8, 4) is 0 Å². The SMILES string of the molecule is CCCCCCCSc1ccc(C(=O)Nc2ccccc2C(=O)O)cc1. The van der Waals surface area contributed by atoms with Crippen molar-refractivity contribution < 1.29 is 14.7 Å². The number of carbonyl (C=O) groups is 2. The Hall–Kier alpha value is -2.27. The molecule has 2 rings (SSSR count). The summed E-state index contributed by atoms with van der Waals surface area (Å²) in [5.74, 6) is -0.289. The molecule has 0 bridgehead atoms. The summed E-state index contributed by atoms with van der Waals surface area (Å²) >= 11 is 1.80. The fraction of sp³-hybridized carbons (Fsp3) is 0.333. The van der Waals surface area contributed by atoms with Crippen molar-refractivity contribution in [2.75, 3.05) is 11.1 Å². The molecule has 0 spiro atoms. The number of thioether (sulfide) groups is 1. The molecule has 0 heterocycles. The summed E-state index contributed by atoms with van der Waals surface area (Å²) in [6, 6.07) is 13.8. The van der Waals surface area contributed by atoms with E-state index in [2.05, 4.69) is 12.2 Å². The molecule has 0 aliphatic rings. The van der Waals surface area contributed by atoms with Crippen LogP contribution in [0.4, 0.5) is 5.69 Å². The van der Waals surface area contributed by atoms with Crippen LogP contribution in [0.3, 0.4) is 0 Å². The van der Waals surface area contributed by atoms with E-state index in [-0.39, 0.29) is 11.5 Å². The lowest BCUT2D eigenvalue weighted by Gasteiger charge is -2.09. The molecule has 0 aliphatic carbocycles. The van der Waals surface area contributed by atoms with Gasteiger partial charge in [0.05, 0.1) is 11.3 Å². The van der Waals surface area contributed by atoms with E-state index in [0.29, 0.717) is 11.3 Å². The number of unbranched alkanes of at least 4 members (excludes halogenated alkanes) is 4. The smallest absolute Gasteiger partial charge is 0.337 e. The maximum absolute atomic E-state index is 12.4. The van der Waals surface area contributed by atoms with Crippen LogP contribution in [0.1, 0.15) is 59.7 Å². The summed E-state index contributed by atoms with van der Waals surface area (Å²) in [5.41, 5.74) is 0.893. The third-order valence-electron chi connectivity index (χ3n) is 4.04. The Labute approximate surface area is 159 Å². The number of carbonyl (C=O) groups excluding carboxylic acids is 1. The maximum Gasteiger partial charge on any atom is 0.337 e. The first kappa shape index (κ1) is 20.0. The second-order valence-electron chi connectivity index (χ2n) is 6.09. The number of carboxylic acids is 1. The molecule has 2 aromatic carbocycles. The normalized spacial score (nSPS) is 10.5. The predicted molar refractivity (Wildman–Crippen MR) is 107 cm³/mol. The van der Waals surface area contributed by atoms with Gasteiger partial charge in [-0.05, 0) is 48.6 Å². The van der Waals surface area contributed by atoms with E-state index in [1.165, 1.54) is 38.2 Å². The van der Waals surface area contributed by atoms with E-state index in [4.69, 9.17) is 0 Å². The van der Waals surface area contributed by atoms with Crippen LogP contribution in [0.25, 0.3) is 0 Å². The Morgan fingerprint density at radius 1 is 0.962 bits per heavy atom. The zero-order valence-electron chi connectivity index (χ0n) is 15.0. The Balaban J connectivity index is 1.88. The van der Waals surface area contributed by atoms with Gasteiger partial charge in [-0.2, -0.15) is 0 Å². The molecule has 0 aromatic heterocycles. The fourth-order valence-corrected chi connectivity index (χ4v) is 3.48. The van der Waals surface area contributed by atoms with Crippen molar-refractivity contribution in [1.82, 2.24) is 0 Å².